The summed E-state index contributed by atoms with van der Waals surface area (Å²) in [5.41, 5.74) is 7.03. The summed E-state index contributed by atoms with van der Waals surface area (Å²) < 4.78 is 5.01. The Hall–Kier alpha value is -1.44. The van der Waals surface area contributed by atoms with Gasteiger partial charge in [0.05, 0.1) is 18.7 Å². The number of rotatable bonds is 7. The maximum Gasteiger partial charge on any atom is 0.251 e. The smallest absolute Gasteiger partial charge is 0.251 e. The van der Waals surface area contributed by atoms with Gasteiger partial charge in [0, 0.05) is 18.0 Å². The van der Waals surface area contributed by atoms with Gasteiger partial charge in [-0.3, -0.25) is 9.59 Å². The maximum absolute atomic E-state index is 12.0. The van der Waals surface area contributed by atoms with Crippen molar-refractivity contribution in [1.29, 1.82) is 0 Å². The first-order valence-corrected chi connectivity index (χ1v) is 8.31. The number of anilines is 1. The van der Waals surface area contributed by atoms with Crippen LogP contribution in [0, 0.1) is 0 Å². The zero-order chi connectivity index (χ0) is 16.1. The SMILES string of the molecule is COC[C@H](C)NCC(=O)Nc1sc2c(c1C(N)=O)CCCC2. The molecule has 2 amide bonds. The Balaban J connectivity index is 2.04. The average molecular weight is 325 g/mol. The molecule has 0 saturated carbocycles. The number of aryl methyl sites for hydroxylation is 1. The molecule has 22 heavy (non-hydrogen) atoms. The van der Waals surface area contributed by atoms with Gasteiger partial charge in [0.25, 0.3) is 5.91 Å². The van der Waals surface area contributed by atoms with Gasteiger partial charge in [0.15, 0.2) is 0 Å². The lowest BCUT2D eigenvalue weighted by atomic mass is 9.95. The van der Waals surface area contributed by atoms with E-state index in [9.17, 15) is 9.59 Å². The van der Waals surface area contributed by atoms with Crippen LogP contribution in [0.4, 0.5) is 5.00 Å². The highest BCUT2D eigenvalue weighted by Gasteiger charge is 2.24. The first-order chi connectivity index (χ1) is 10.5. The molecule has 0 aromatic carbocycles. The molecule has 7 heteroatoms. The van der Waals surface area contributed by atoms with Crippen molar-refractivity contribution in [3.05, 3.63) is 16.0 Å². The Bertz CT molecular complexity index is 556. The molecular formula is C15H23N3O3S. The van der Waals surface area contributed by atoms with Crippen molar-refractivity contribution in [2.24, 2.45) is 5.73 Å². The van der Waals surface area contributed by atoms with Crippen molar-refractivity contribution in [2.45, 2.75) is 38.6 Å². The van der Waals surface area contributed by atoms with E-state index < -0.39 is 5.91 Å². The van der Waals surface area contributed by atoms with E-state index >= 15 is 0 Å². The van der Waals surface area contributed by atoms with Gasteiger partial charge in [-0.1, -0.05) is 0 Å². The number of methoxy groups -OCH3 is 1. The fourth-order valence-corrected chi connectivity index (χ4v) is 3.97. The van der Waals surface area contributed by atoms with E-state index in [1.165, 1.54) is 16.2 Å². The molecular weight excluding hydrogens is 302 g/mol. The summed E-state index contributed by atoms with van der Waals surface area (Å²) >= 11 is 1.48. The second kappa shape index (κ2) is 7.71. The van der Waals surface area contributed by atoms with Crippen LogP contribution in [-0.4, -0.2) is 38.1 Å². The molecule has 1 atom stereocenters. The van der Waals surface area contributed by atoms with Gasteiger partial charge >= 0.3 is 0 Å². The second-order valence-electron chi connectivity index (χ2n) is 5.56. The first kappa shape index (κ1) is 16.9. The van der Waals surface area contributed by atoms with E-state index in [0.717, 1.165) is 31.2 Å². The number of hydrogen-bond donors (Lipinski definition) is 3. The van der Waals surface area contributed by atoms with Crippen LogP contribution in [-0.2, 0) is 22.4 Å². The molecule has 4 N–H and O–H groups in total. The molecule has 6 nitrogen and oxygen atoms in total. The molecule has 1 aromatic rings. The van der Waals surface area contributed by atoms with Crippen LogP contribution < -0.4 is 16.4 Å². The number of nitrogens with two attached hydrogens (primary N) is 1. The van der Waals surface area contributed by atoms with Crippen molar-refractivity contribution in [3.63, 3.8) is 0 Å². The fourth-order valence-electron chi connectivity index (χ4n) is 2.66. The predicted molar refractivity (Wildman–Crippen MR) is 87.4 cm³/mol. The van der Waals surface area contributed by atoms with Gasteiger partial charge in [-0.25, -0.2) is 0 Å². The number of amides is 2. The third-order valence-corrected chi connectivity index (χ3v) is 4.91. The lowest BCUT2D eigenvalue weighted by Gasteiger charge is -2.12. The minimum Gasteiger partial charge on any atom is -0.383 e. The normalized spacial score (nSPS) is 15.2. The number of ether oxygens (including phenoxy) is 1. The molecule has 1 heterocycles. The van der Waals surface area contributed by atoms with Crippen molar-refractivity contribution < 1.29 is 14.3 Å². The van der Waals surface area contributed by atoms with Crippen LogP contribution in [0.15, 0.2) is 0 Å². The Morgan fingerprint density at radius 1 is 1.36 bits per heavy atom. The molecule has 0 fully saturated rings. The molecule has 1 aliphatic rings. The van der Waals surface area contributed by atoms with Gasteiger partial charge in [0.1, 0.15) is 5.00 Å². The predicted octanol–water partition coefficient (Wildman–Crippen LogP) is 1.29. The Kier molecular flexibility index (Phi) is 5.93. The molecule has 0 saturated heterocycles. The molecule has 0 radical (unpaired) electrons. The lowest BCUT2D eigenvalue weighted by Crippen LogP contribution is -2.36. The lowest BCUT2D eigenvalue weighted by molar-refractivity contribution is -0.115. The zero-order valence-corrected chi connectivity index (χ0v) is 13.8. The highest BCUT2D eigenvalue weighted by Crippen LogP contribution is 2.37. The van der Waals surface area contributed by atoms with E-state index in [4.69, 9.17) is 10.5 Å². The van der Waals surface area contributed by atoms with Crippen molar-refractivity contribution in [3.8, 4) is 0 Å². The average Bonchev–Trinajstić information content (AvgIpc) is 2.83. The summed E-state index contributed by atoms with van der Waals surface area (Å²) in [7, 11) is 1.62. The number of carbonyl (C=O) groups excluding carboxylic acids is 2. The zero-order valence-electron chi connectivity index (χ0n) is 13.0. The third kappa shape index (κ3) is 4.06. The molecule has 0 bridgehead atoms. The summed E-state index contributed by atoms with van der Waals surface area (Å²) in [4.78, 5) is 25.0. The maximum atomic E-state index is 12.0. The molecule has 1 aromatic heterocycles. The first-order valence-electron chi connectivity index (χ1n) is 7.49. The summed E-state index contributed by atoms with van der Waals surface area (Å²) in [6.45, 7) is 2.65. The van der Waals surface area contributed by atoms with E-state index in [0.29, 0.717) is 17.2 Å². The number of carbonyl (C=O) groups is 2. The van der Waals surface area contributed by atoms with E-state index in [1.54, 1.807) is 7.11 Å². The topological polar surface area (TPSA) is 93.4 Å². The number of hydrogen-bond acceptors (Lipinski definition) is 5. The summed E-state index contributed by atoms with van der Waals surface area (Å²) in [5, 5.41) is 6.48. The Morgan fingerprint density at radius 2 is 2.09 bits per heavy atom. The van der Waals surface area contributed by atoms with Gasteiger partial charge in [-0.15, -0.1) is 11.3 Å². The van der Waals surface area contributed by atoms with Crippen LogP contribution in [0.1, 0.15) is 40.6 Å². The number of primary amides is 1. The Morgan fingerprint density at radius 3 is 2.77 bits per heavy atom. The molecule has 0 unspecified atom stereocenters. The highest BCUT2D eigenvalue weighted by atomic mass is 32.1. The van der Waals surface area contributed by atoms with E-state index in [1.807, 2.05) is 6.92 Å². The molecule has 0 aliphatic heterocycles. The summed E-state index contributed by atoms with van der Waals surface area (Å²) in [6, 6.07) is 0.0860. The van der Waals surface area contributed by atoms with Crippen LogP contribution in [0.2, 0.25) is 0 Å². The molecule has 0 spiro atoms. The van der Waals surface area contributed by atoms with E-state index in [-0.39, 0.29) is 18.5 Å². The largest absolute Gasteiger partial charge is 0.383 e. The molecule has 2 rings (SSSR count). The van der Waals surface area contributed by atoms with Gasteiger partial charge in [0.2, 0.25) is 5.91 Å². The standard InChI is InChI=1S/C15H23N3O3S/c1-9(8-21-2)17-7-12(19)18-15-13(14(16)20)10-5-3-4-6-11(10)22-15/h9,17H,3-8H2,1-2H3,(H2,16,20)(H,18,19)/t9-/m0/s1. The van der Waals surface area contributed by atoms with E-state index in [2.05, 4.69) is 10.6 Å². The van der Waals surface area contributed by atoms with Crippen LogP contribution in [0.3, 0.4) is 0 Å². The number of nitrogens with one attached hydrogen (secondary N) is 2. The minimum atomic E-state index is -0.463. The fraction of sp³-hybridized carbons (Fsp3) is 0.600. The van der Waals surface area contributed by atoms with Crippen LogP contribution >= 0.6 is 11.3 Å². The Labute approximate surface area is 134 Å². The van der Waals surface area contributed by atoms with Crippen LogP contribution in [0.5, 0.6) is 0 Å². The quantitative estimate of drug-likeness (QED) is 0.704. The molecule has 1 aliphatic carbocycles. The van der Waals surface area contributed by atoms with Crippen molar-refractivity contribution >= 4 is 28.2 Å². The minimum absolute atomic E-state index is 0.0860. The number of fused-ring (bicyclic) bond motifs is 1. The summed E-state index contributed by atoms with van der Waals surface area (Å²) in [5.74, 6) is -0.639. The second-order valence-corrected chi connectivity index (χ2v) is 6.67. The highest BCUT2D eigenvalue weighted by molar-refractivity contribution is 7.17. The number of thiophene rings is 1. The molecule has 122 valence electrons. The van der Waals surface area contributed by atoms with Gasteiger partial charge in [-0.05, 0) is 38.2 Å². The van der Waals surface area contributed by atoms with Crippen LogP contribution in [0.25, 0.3) is 0 Å². The van der Waals surface area contributed by atoms with Gasteiger partial charge < -0.3 is 21.1 Å². The summed E-state index contributed by atoms with van der Waals surface area (Å²) in [6.07, 6.45) is 4.01. The van der Waals surface area contributed by atoms with Gasteiger partial charge in [-0.2, -0.15) is 0 Å². The van der Waals surface area contributed by atoms with Crippen molar-refractivity contribution in [1.82, 2.24) is 5.32 Å². The third-order valence-electron chi connectivity index (χ3n) is 3.70. The van der Waals surface area contributed by atoms with Crippen molar-refractivity contribution in [2.75, 3.05) is 25.6 Å². The monoisotopic (exact) mass is 325 g/mol.